The number of ether oxygens (including phenoxy) is 1. The lowest BCUT2D eigenvalue weighted by Crippen LogP contribution is -2.11. The van der Waals surface area contributed by atoms with Gasteiger partial charge in [0.25, 0.3) is 0 Å². The molecule has 0 atom stereocenters. The van der Waals surface area contributed by atoms with Gasteiger partial charge in [0.15, 0.2) is 5.75 Å². The van der Waals surface area contributed by atoms with Gasteiger partial charge in [-0.1, -0.05) is 40.9 Å². The van der Waals surface area contributed by atoms with E-state index in [2.05, 4.69) is 15.9 Å². The van der Waals surface area contributed by atoms with E-state index >= 15 is 0 Å². The molecule has 2 aromatic rings. The summed E-state index contributed by atoms with van der Waals surface area (Å²) >= 11 is 21.3. The highest BCUT2D eigenvalue weighted by atomic mass is 79.9. The van der Waals surface area contributed by atoms with Crippen molar-refractivity contribution in [2.45, 2.75) is 6.61 Å². The van der Waals surface area contributed by atoms with Crippen molar-refractivity contribution in [2.24, 2.45) is 5.73 Å². The number of amides is 1. The minimum atomic E-state index is -0.565. The molecule has 7 heteroatoms. The van der Waals surface area contributed by atoms with E-state index in [0.29, 0.717) is 25.8 Å². The van der Waals surface area contributed by atoms with E-state index in [-0.39, 0.29) is 11.6 Å². The van der Waals surface area contributed by atoms with Crippen molar-refractivity contribution in [1.29, 1.82) is 0 Å². The van der Waals surface area contributed by atoms with Crippen LogP contribution in [0, 0.1) is 0 Å². The van der Waals surface area contributed by atoms with Crippen LogP contribution in [0.2, 0.25) is 15.1 Å². The molecule has 0 fully saturated rings. The maximum absolute atomic E-state index is 11.1. The highest BCUT2D eigenvalue weighted by Crippen LogP contribution is 2.35. The van der Waals surface area contributed by atoms with Gasteiger partial charge in [0, 0.05) is 21.2 Å². The topological polar surface area (TPSA) is 52.3 Å². The van der Waals surface area contributed by atoms with Crippen LogP contribution < -0.4 is 10.5 Å². The average molecular weight is 409 g/mol. The van der Waals surface area contributed by atoms with Gasteiger partial charge < -0.3 is 10.5 Å². The third-order valence-electron chi connectivity index (χ3n) is 2.67. The number of hydrogen-bond donors (Lipinski definition) is 1. The summed E-state index contributed by atoms with van der Waals surface area (Å²) in [6.07, 6.45) is 0. The Bertz CT molecular complexity index is 684. The predicted octanol–water partition coefficient (Wildman–Crippen LogP) is 5.09. The molecule has 110 valence electrons. The first-order chi connectivity index (χ1) is 9.88. The molecule has 3 nitrogen and oxygen atoms in total. The maximum atomic E-state index is 11.1. The Morgan fingerprint density at radius 2 is 1.86 bits per heavy atom. The van der Waals surface area contributed by atoms with E-state index in [4.69, 9.17) is 45.3 Å². The van der Waals surface area contributed by atoms with Gasteiger partial charge in [-0.05, 0) is 40.2 Å². The third-order valence-corrected chi connectivity index (χ3v) is 4.13. The molecule has 0 aliphatic carbocycles. The first kappa shape index (κ1) is 16.4. The van der Waals surface area contributed by atoms with Gasteiger partial charge in [-0.25, -0.2) is 0 Å². The Morgan fingerprint density at radius 1 is 1.14 bits per heavy atom. The zero-order valence-electron chi connectivity index (χ0n) is 10.5. The first-order valence-electron chi connectivity index (χ1n) is 5.74. The predicted molar refractivity (Wildman–Crippen MR) is 88.5 cm³/mol. The molecule has 0 unspecified atom stereocenters. The van der Waals surface area contributed by atoms with Crippen molar-refractivity contribution < 1.29 is 9.53 Å². The lowest BCUT2D eigenvalue weighted by Gasteiger charge is -2.12. The molecule has 0 radical (unpaired) electrons. The molecule has 0 bridgehead atoms. The molecule has 0 aliphatic rings. The molecule has 0 spiro atoms. The molecule has 2 N–H and O–H groups in total. The highest BCUT2D eigenvalue weighted by Gasteiger charge is 2.13. The summed E-state index contributed by atoms with van der Waals surface area (Å²) in [5, 5.41) is 1.33. The van der Waals surface area contributed by atoms with Crippen molar-refractivity contribution in [3.8, 4) is 5.75 Å². The van der Waals surface area contributed by atoms with Crippen molar-refractivity contribution in [3.05, 3.63) is 61.0 Å². The molecule has 2 rings (SSSR count). The van der Waals surface area contributed by atoms with E-state index in [1.54, 1.807) is 24.3 Å². The Kier molecular flexibility index (Phi) is 5.38. The lowest BCUT2D eigenvalue weighted by molar-refractivity contribution is 0.1000. The smallest absolute Gasteiger partial charge is 0.248 e. The van der Waals surface area contributed by atoms with E-state index in [1.807, 2.05) is 0 Å². The van der Waals surface area contributed by atoms with Crippen LogP contribution in [0.3, 0.4) is 0 Å². The van der Waals surface area contributed by atoms with Crippen LogP contribution >= 0.6 is 50.7 Å². The normalized spacial score (nSPS) is 10.5. The molecule has 2 aromatic carbocycles. The number of hydrogen-bond acceptors (Lipinski definition) is 2. The fourth-order valence-electron chi connectivity index (χ4n) is 1.63. The van der Waals surface area contributed by atoms with Gasteiger partial charge in [-0.15, -0.1) is 0 Å². The van der Waals surface area contributed by atoms with E-state index < -0.39 is 5.91 Å². The molecule has 0 aliphatic heterocycles. The summed E-state index contributed by atoms with van der Waals surface area (Å²) in [5.41, 5.74) is 6.27. The summed E-state index contributed by atoms with van der Waals surface area (Å²) in [7, 11) is 0. The summed E-state index contributed by atoms with van der Waals surface area (Å²) in [6.45, 7) is 0.213. The number of benzene rings is 2. The molecule has 0 saturated heterocycles. The highest BCUT2D eigenvalue weighted by molar-refractivity contribution is 9.10. The van der Waals surface area contributed by atoms with Gasteiger partial charge in [-0.3, -0.25) is 4.79 Å². The van der Waals surface area contributed by atoms with Crippen molar-refractivity contribution in [2.75, 3.05) is 0 Å². The van der Waals surface area contributed by atoms with E-state index in [9.17, 15) is 4.79 Å². The maximum Gasteiger partial charge on any atom is 0.248 e. The quantitative estimate of drug-likeness (QED) is 0.765. The molecular weight excluding hydrogens is 400 g/mol. The second-order valence-corrected chi connectivity index (χ2v) is 6.26. The summed E-state index contributed by atoms with van der Waals surface area (Å²) in [5.74, 6) is -0.155. The molecule has 0 heterocycles. The number of rotatable bonds is 4. The number of nitrogens with two attached hydrogens (primary N) is 1. The summed E-state index contributed by atoms with van der Waals surface area (Å²) in [4.78, 5) is 11.1. The fraction of sp³-hybridized carbons (Fsp3) is 0.0714. The zero-order valence-corrected chi connectivity index (χ0v) is 14.4. The third kappa shape index (κ3) is 4.04. The average Bonchev–Trinajstić information content (AvgIpc) is 2.39. The van der Waals surface area contributed by atoms with Crippen LogP contribution in [0.25, 0.3) is 0 Å². The van der Waals surface area contributed by atoms with Gasteiger partial charge in [-0.2, -0.15) is 0 Å². The molecule has 1 amide bonds. The SMILES string of the molecule is NC(=O)c1cc(Cl)c(OCc2ccc(Cl)cc2Cl)c(Br)c1. The second kappa shape index (κ2) is 6.88. The van der Waals surface area contributed by atoms with Crippen molar-refractivity contribution >= 4 is 56.6 Å². The molecular formula is C14H9BrCl3NO2. The molecule has 0 saturated carbocycles. The second-order valence-electron chi connectivity index (χ2n) is 4.16. The van der Waals surface area contributed by atoms with Gasteiger partial charge >= 0.3 is 0 Å². The minimum Gasteiger partial charge on any atom is -0.486 e. The standard InChI is InChI=1S/C14H9BrCl3NO2/c15-10-3-8(14(19)20)4-12(18)13(10)21-6-7-1-2-9(16)5-11(7)17/h1-5H,6H2,(H2,19,20). The van der Waals surface area contributed by atoms with Crippen LogP contribution in [-0.2, 0) is 6.61 Å². The van der Waals surface area contributed by atoms with Crippen LogP contribution in [0.4, 0.5) is 0 Å². The van der Waals surface area contributed by atoms with E-state index in [1.165, 1.54) is 6.07 Å². The lowest BCUT2D eigenvalue weighted by atomic mass is 10.2. The van der Waals surface area contributed by atoms with E-state index in [0.717, 1.165) is 5.56 Å². The number of primary amides is 1. The monoisotopic (exact) mass is 407 g/mol. The van der Waals surface area contributed by atoms with Gasteiger partial charge in [0.2, 0.25) is 5.91 Å². The van der Waals surface area contributed by atoms with Crippen molar-refractivity contribution in [3.63, 3.8) is 0 Å². The Labute approximate surface area is 145 Å². The van der Waals surface area contributed by atoms with Crippen LogP contribution in [0.5, 0.6) is 5.75 Å². The van der Waals surface area contributed by atoms with Crippen LogP contribution in [0.15, 0.2) is 34.8 Å². The van der Waals surface area contributed by atoms with Gasteiger partial charge in [0.05, 0.1) is 9.50 Å². The fourth-order valence-corrected chi connectivity index (χ4v) is 3.05. The zero-order chi connectivity index (χ0) is 15.6. The largest absolute Gasteiger partial charge is 0.486 e. The van der Waals surface area contributed by atoms with Gasteiger partial charge in [0.1, 0.15) is 6.61 Å². The van der Waals surface area contributed by atoms with Crippen LogP contribution in [-0.4, -0.2) is 5.91 Å². The minimum absolute atomic E-state index is 0.213. The summed E-state index contributed by atoms with van der Waals surface area (Å²) < 4.78 is 6.19. The number of carbonyl (C=O) groups is 1. The van der Waals surface area contributed by atoms with Crippen LogP contribution in [0.1, 0.15) is 15.9 Å². The number of halogens is 4. The Hall–Kier alpha value is -0.940. The number of carbonyl (C=O) groups excluding carboxylic acids is 1. The molecule has 0 aromatic heterocycles. The summed E-state index contributed by atoms with van der Waals surface area (Å²) in [6, 6.07) is 8.12. The Balaban J connectivity index is 2.22. The van der Waals surface area contributed by atoms with Crippen molar-refractivity contribution in [1.82, 2.24) is 0 Å². The molecule has 21 heavy (non-hydrogen) atoms. The Morgan fingerprint density at radius 3 is 2.43 bits per heavy atom. The first-order valence-corrected chi connectivity index (χ1v) is 7.66.